The number of ether oxygens (including phenoxy) is 1. The van der Waals surface area contributed by atoms with Crippen molar-refractivity contribution in [2.24, 2.45) is 5.92 Å². The summed E-state index contributed by atoms with van der Waals surface area (Å²) >= 11 is 1.42. The van der Waals surface area contributed by atoms with Gasteiger partial charge in [-0.2, -0.15) is 0 Å². The smallest absolute Gasteiger partial charge is 0.271 e. The van der Waals surface area contributed by atoms with E-state index in [1.165, 1.54) is 11.3 Å². The van der Waals surface area contributed by atoms with Crippen LogP contribution < -0.4 is 15.4 Å². The molecule has 1 aliphatic rings. The lowest BCUT2D eigenvalue weighted by Gasteiger charge is -2.32. The molecule has 0 radical (unpaired) electrons. The first-order valence-corrected chi connectivity index (χ1v) is 11.9. The van der Waals surface area contributed by atoms with Crippen molar-refractivity contribution in [3.05, 3.63) is 45.4 Å². The summed E-state index contributed by atoms with van der Waals surface area (Å²) in [5, 5.41) is 8.74. The van der Waals surface area contributed by atoms with Gasteiger partial charge < -0.3 is 15.4 Å². The third kappa shape index (κ3) is 7.06. The van der Waals surface area contributed by atoms with Crippen molar-refractivity contribution in [1.82, 2.24) is 15.6 Å². The zero-order valence-corrected chi connectivity index (χ0v) is 19.7. The van der Waals surface area contributed by atoms with Crippen molar-refractivity contribution >= 4 is 23.2 Å². The number of aryl methyl sites for hydroxylation is 2. The molecule has 0 saturated heterocycles. The Kier molecular flexibility index (Phi) is 8.07. The molecule has 1 aliphatic carbocycles. The maximum absolute atomic E-state index is 12.8. The van der Waals surface area contributed by atoms with Crippen molar-refractivity contribution in [2.45, 2.75) is 78.5 Å². The summed E-state index contributed by atoms with van der Waals surface area (Å²) in [6, 6.07) is 6.00. The number of amides is 2. The molecule has 1 aromatic carbocycles. The number of carbonyl (C=O) groups is 2. The molecule has 2 atom stereocenters. The molecule has 0 unspecified atom stereocenters. The van der Waals surface area contributed by atoms with Gasteiger partial charge in [-0.05, 0) is 55.9 Å². The number of aromatic nitrogens is 1. The van der Waals surface area contributed by atoms with E-state index in [-0.39, 0.29) is 23.9 Å². The molecule has 2 aromatic rings. The Labute approximate surface area is 188 Å². The summed E-state index contributed by atoms with van der Waals surface area (Å²) in [6.07, 6.45) is 4.38. The highest BCUT2D eigenvalue weighted by Crippen LogP contribution is 2.21. The summed E-state index contributed by atoms with van der Waals surface area (Å²) in [6.45, 7) is 8.47. The third-order valence-corrected chi connectivity index (χ3v) is 6.19. The number of hydrogen-bond donors (Lipinski definition) is 2. The standard InChI is InChI=1S/C24H33N3O3S/c1-15(2)9-22(28)25-19-7-5-6-8-20(19)27-24(29)21-14-31-23(26-21)13-30-18-11-16(3)10-17(4)12-18/h10-12,14-15,19-20H,5-9,13H2,1-4H3,(H,25,28)(H,27,29)/t19-,20-/m1/s1. The fraction of sp³-hybridized carbons (Fsp3) is 0.542. The molecule has 1 heterocycles. The van der Waals surface area contributed by atoms with Crippen LogP contribution in [-0.4, -0.2) is 28.9 Å². The molecule has 3 rings (SSSR count). The SMILES string of the molecule is Cc1cc(C)cc(OCc2nc(C(=O)N[C@@H]3CCCC[C@H]3NC(=O)CC(C)C)cs2)c1. The van der Waals surface area contributed by atoms with Crippen molar-refractivity contribution in [3.63, 3.8) is 0 Å². The summed E-state index contributed by atoms with van der Waals surface area (Å²) in [7, 11) is 0. The van der Waals surface area contributed by atoms with Crippen LogP contribution in [0.3, 0.4) is 0 Å². The molecule has 0 spiro atoms. The molecule has 2 N–H and O–H groups in total. The Morgan fingerprint density at radius 2 is 1.74 bits per heavy atom. The van der Waals surface area contributed by atoms with Crippen LogP contribution in [0.4, 0.5) is 0 Å². The number of hydrogen-bond acceptors (Lipinski definition) is 5. The van der Waals surface area contributed by atoms with Gasteiger partial charge in [0, 0.05) is 23.9 Å². The van der Waals surface area contributed by atoms with E-state index in [9.17, 15) is 9.59 Å². The third-order valence-electron chi connectivity index (χ3n) is 5.36. The minimum absolute atomic E-state index is 0.0186. The highest BCUT2D eigenvalue weighted by Gasteiger charge is 2.28. The second kappa shape index (κ2) is 10.8. The van der Waals surface area contributed by atoms with E-state index in [0.717, 1.165) is 47.6 Å². The normalized spacial score (nSPS) is 18.6. The molecule has 31 heavy (non-hydrogen) atoms. The first kappa shape index (κ1) is 23.3. The number of carbonyl (C=O) groups excluding carboxylic acids is 2. The molecule has 7 heteroatoms. The number of rotatable bonds is 8. The van der Waals surface area contributed by atoms with Crippen molar-refractivity contribution in [2.75, 3.05) is 0 Å². The van der Waals surface area contributed by atoms with Crippen LogP contribution in [0, 0.1) is 19.8 Å². The number of benzene rings is 1. The maximum atomic E-state index is 12.8. The predicted octanol–water partition coefficient (Wildman–Crippen LogP) is 4.54. The average molecular weight is 444 g/mol. The van der Waals surface area contributed by atoms with E-state index in [0.29, 0.717) is 24.6 Å². The van der Waals surface area contributed by atoms with E-state index in [4.69, 9.17) is 4.74 Å². The van der Waals surface area contributed by atoms with Gasteiger partial charge in [0.2, 0.25) is 5.91 Å². The van der Waals surface area contributed by atoms with Crippen LogP contribution >= 0.6 is 11.3 Å². The molecule has 0 bridgehead atoms. The van der Waals surface area contributed by atoms with Crippen LogP contribution in [0.2, 0.25) is 0 Å². The number of thiazole rings is 1. The molecule has 0 aliphatic heterocycles. The molecule has 6 nitrogen and oxygen atoms in total. The number of nitrogens with zero attached hydrogens (tertiary/aromatic N) is 1. The fourth-order valence-corrected chi connectivity index (χ4v) is 4.68. The lowest BCUT2D eigenvalue weighted by molar-refractivity contribution is -0.122. The van der Waals surface area contributed by atoms with Crippen LogP contribution in [0.5, 0.6) is 5.75 Å². The average Bonchev–Trinajstić information content (AvgIpc) is 3.16. The van der Waals surface area contributed by atoms with E-state index < -0.39 is 0 Å². The van der Waals surface area contributed by atoms with E-state index in [2.05, 4.69) is 21.7 Å². The van der Waals surface area contributed by atoms with Crippen LogP contribution in [0.15, 0.2) is 23.6 Å². The Hall–Kier alpha value is -2.41. The van der Waals surface area contributed by atoms with Gasteiger partial charge >= 0.3 is 0 Å². The zero-order valence-electron chi connectivity index (χ0n) is 18.9. The molecule has 2 amide bonds. The summed E-state index contributed by atoms with van der Waals surface area (Å²) in [5.74, 6) is 0.987. The summed E-state index contributed by atoms with van der Waals surface area (Å²) < 4.78 is 5.86. The fourth-order valence-electron chi connectivity index (χ4n) is 4.00. The van der Waals surface area contributed by atoms with Gasteiger partial charge in [0.15, 0.2) is 0 Å². The molecular formula is C24H33N3O3S. The first-order chi connectivity index (χ1) is 14.8. The van der Waals surface area contributed by atoms with Crippen molar-refractivity contribution in [1.29, 1.82) is 0 Å². The zero-order chi connectivity index (χ0) is 22.4. The second-order valence-electron chi connectivity index (χ2n) is 8.87. The molecule has 1 fully saturated rings. The predicted molar refractivity (Wildman–Crippen MR) is 123 cm³/mol. The first-order valence-electron chi connectivity index (χ1n) is 11.1. The molecule has 168 valence electrons. The minimum Gasteiger partial charge on any atom is -0.486 e. The van der Waals surface area contributed by atoms with Gasteiger partial charge in [-0.1, -0.05) is 32.8 Å². The molecular weight excluding hydrogens is 410 g/mol. The highest BCUT2D eigenvalue weighted by molar-refractivity contribution is 7.09. The molecule has 1 saturated carbocycles. The van der Waals surface area contributed by atoms with Crippen molar-refractivity contribution < 1.29 is 14.3 Å². The van der Waals surface area contributed by atoms with Gasteiger partial charge in [-0.15, -0.1) is 11.3 Å². The molecule has 1 aromatic heterocycles. The van der Waals surface area contributed by atoms with Gasteiger partial charge in [0.05, 0.1) is 0 Å². The van der Waals surface area contributed by atoms with E-state index in [1.807, 2.05) is 39.8 Å². The largest absolute Gasteiger partial charge is 0.486 e. The van der Waals surface area contributed by atoms with E-state index in [1.54, 1.807) is 5.38 Å². The monoisotopic (exact) mass is 443 g/mol. The van der Waals surface area contributed by atoms with Gasteiger partial charge in [-0.3, -0.25) is 9.59 Å². The van der Waals surface area contributed by atoms with Crippen LogP contribution in [0.1, 0.15) is 72.6 Å². The Bertz CT molecular complexity index is 889. The van der Waals surface area contributed by atoms with Gasteiger partial charge in [-0.25, -0.2) is 4.98 Å². The lowest BCUT2D eigenvalue weighted by atomic mass is 9.90. The Morgan fingerprint density at radius 1 is 1.10 bits per heavy atom. The second-order valence-corrected chi connectivity index (χ2v) is 9.82. The quantitative estimate of drug-likeness (QED) is 0.628. The van der Waals surface area contributed by atoms with Crippen LogP contribution in [0.25, 0.3) is 0 Å². The lowest BCUT2D eigenvalue weighted by Crippen LogP contribution is -2.53. The van der Waals surface area contributed by atoms with E-state index >= 15 is 0 Å². The van der Waals surface area contributed by atoms with Gasteiger partial charge in [0.1, 0.15) is 23.1 Å². The maximum Gasteiger partial charge on any atom is 0.271 e. The summed E-state index contributed by atoms with van der Waals surface area (Å²) in [5.41, 5.74) is 2.70. The van der Waals surface area contributed by atoms with Crippen LogP contribution in [-0.2, 0) is 11.4 Å². The topological polar surface area (TPSA) is 80.3 Å². The van der Waals surface area contributed by atoms with Gasteiger partial charge in [0.25, 0.3) is 5.91 Å². The Morgan fingerprint density at radius 3 is 2.39 bits per heavy atom. The highest BCUT2D eigenvalue weighted by atomic mass is 32.1. The Balaban J connectivity index is 1.56. The number of nitrogens with one attached hydrogen (secondary N) is 2. The summed E-state index contributed by atoms with van der Waals surface area (Å²) in [4.78, 5) is 29.4. The minimum atomic E-state index is -0.191. The van der Waals surface area contributed by atoms with Crippen molar-refractivity contribution in [3.8, 4) is 5.75 Å².